The summed E-state index contributed by atoms with van der Waals surface area (Å²) in [6, 6.07) is 17.3. The number of hydrogen-bond acceptors (Lipinski definition) is 2. The van der Waals surface area contributed by atoms with Crippen LogP contribution in [0.1, 0.15) is 28.4 Å². The van der Waals surface area contributed by atoms with Crippen molar-refractivity contribution in [1.82, 2.24) is 5.32 Å². The van der Waals surface area contributed by atoms with Gasteiger partial charge in [-0.2, -0.15) is 0 Å². The van der Waals surface area contributed by atoms with Gasteiger partial charge in [0.1, 0.15) is 0 Å². The van der Waals surface area contributed by atoms with Crippen LogP contribution in [-0.2, 0) is 0 Å². The Morgan fingerprint density at radius 3 is 2.25 bits per heavy atom. The van der Waals surface area contributed by atoms with Crippen LogP contribution in [0.25, 0.3) is 22.8 Å². The van der Waals surface area contributed by atoms with E-state index in [-0.39, 0.29) is 0 Å². The Hall–Kier alpha value is -1.81. The first-order chi connectivity index (χ1) is 13.5. The van der Waals surface area contributed by atoms with E-state index in [2.05, 4.69) is 11.4 Å². The van der Waals surface area contributed by atoms with Gasteiger partial charge in [-0.15, -0.1) is 0 Å². The zero-order valence-electron chi connectivity index (χ0n) is 15.1. The highest BCUT2D eigenvalue weighted by atomic mass is 35.5. The Kier molecular flexibility index (Phi) is 5.50. The highest BCUT2D eigenvalue weighted by Crippen LogP contribution is 2.49. The number of nitrogens with one attached hydrogen (secondary N) is 1. The van der Waals surface area contributed by atoms with E-state index in [1.807, 2.05) is 61.6 Å². The zero-order valence-corrected chi connectivity index (χ0v) is 17.4. The maximum absolute atomic E-state index is 10.7. The third-order valence-electron chi connectivity index (χ3n) is 4.90. The first-order valence-corrected chi connectivity index (χ1v) is 10.1. The van der Waals surface area contributed by atoms with Crippen molar-refractivity contribution in [2.75, 3.05) is 13.6 Å². The molecular formula is C23H18Cl3NO. The standard InChI is InChI=1S/C23H18Cl3NO/c1-27-12-22(28)21-11-16(26)10-20-18(8-13-2-4-14(24)5-3-13)19-9-15(25)6-7-17(19)23(20)21/h2-11,22,27-28H,12H2,1H3. The number of likely N-dealkylation sites (N-methyl/N-ethyl adjacent to an activating group) is 1. The van der Waals surface area contributed by atoms with Crippen LogP contribution in [0.5, 0.6) is 0 Å². The Morgan fingerprint density at radius 2 is 1.54 bits per heavy atom. The minimum absolute atomic E-state index is 0.436. The molecule has 0 heterocycles. The number of halogens is 3. The van der Waals surface area contributed by atoms with E-state index in [0.717, 1.165) is 39.0 Å². The molecule has 0 spiro atoms. The maximum atomic E-state index is 10.7. The minimum atomic E-state index is -0.671. The molecule has 142 valence electrons. The van der Waals surface area contributed by atoms with Crippen molar-refractivity contribution < 1.29 is 5.11 Å². The molecule has 1 atom stereocenters. The molecule has 1 aliphatic carbocycles. The van der Waals surface area contributed by atoms with Gasteiger partial charge in [0.05, 0.1) is 6.10 Å². The summed E-state index contributed by atoms with van der Waals surface area (Å²) in [4.78, 5) is 0. The smallest absolute Gasteiger partial charge is 0.0920 e. The topological polar surface area (TPSA) is 32.3 Å². The summed E-state index contributed by atoms with van der Waals surface area (Å²) in [5, 5.41) is 15.7. The van der Waals surface area contributed by atoms with Gasteiger partial charge in [0.15, 0.2) is 0 Å². The van der Waals surface area contributed by atoms with Crippen molar-refractivity contribution in [2.45, 2.75) is 6.10 Å². The molecule has 0 aromatic heterocycles. The summed E-state index contributed by atoms with van der Waals surface area (Å²) in [6.45, 7) is 0.436. The summed E-state index contributed by atoms with van der Waals surface area (Å²) in [5.41, 5.74) is 6.91. The lowest BCUT2D eigenvalue weighted by molar-refractivity contribution is 0.178. The Labute approximate surface area is 179 Å². The molecule has 4 rings (SSSR count). The molecule has 0 saturated carbocycles. The number of rotatable bonds is 4. The average molecular weight is 431 g/mol. The second kappa shape index (κ2) is 7.90. The van der Waals surface area contributed by atoms with Crippen LogP contribution in [0.2, 0.25) is 15.1 Å². The number of aliphatic hydroxyl groups is 1. The molecule has 0 saturated heterocycles. The lowest BCUT2D eigenvalue weighted by Gasteiger charge is -2.16. The van der Waals surface area contributed by atoms with Crippen LogP contribution in [0.15, 0.2) is 54.6 Å². The van der Waals surface area contributed by atoms with Gasteiger partial charge < -0.3 is 10.4 Å². The van der Waals surface area contributed by atoms with Crippen LogP contribution in [0.3, 0.4) is 0 Å². The van der Waals surface area contributed by atoms with E-state index in [0.29, 0.717) is 21.6 Å². The zero-order chi connectivity index (χ0) is 19.8. The van der Waals surface area contributed by atoms with E-state index < -0.39 is 6.10 Å². The number of hydrogen-bond donors (Lipinski definition) is 2. The van der Waals surface area contributed by atoms with Crippen molar-refractivity contribution in [2.24, 2.45) is 0 Å². The van der Waals surface area contributed by atoms with Gasteiger partial charge in [-0.3, -0.25) is 0 Å². The van der Waals surface area contributed by atoms with E-state index >= 15 is 0 Å². The predicted octanol–water partition coefficient (Wildman–Crippen LogP) is 6.47. The highest BCUT2D eigenvalue weighted by molar-refractivity contribution is 6.32. The third kappa shape index (κ3) is 3.59. The summed E-state index contributed by atoms with van der Waals surface area (Å²) in [6.07, 6.45) is 1.43. The normalized spacial score (nSPS) is 14.8. The van der Waals surface area contributed by atoms with Gasteiger partial charge in [-0.1, -0.05) is 53.0 Å². The third-order valence-corrected chi connectivity index (χ3v) is 5.61. The molecular weight excluding hydrogens is 413 g/mol. The van der Waals surface area contributed by atoms with Crippen LogP contribution < -0.4 is 5.32 Å². The van der Waals surface area contributed by atoms with Crippen molar-refractivity contribution in [3.05, 3.63) is 91.9 Å². The van der Waals surface area contributed by atoms with Gasteiger partial charge >= 0.3 is 0 Å². The summed E-state index contributed by atoms with van der Waals surface area (Å²) in [7, 11) is 1.81. The van der Waals surface area contributed by atoms with Crippen LogP contribution in [0.4, 0.5) is 0 Å². The molecule has 2 N–H and O–H groups in total. The van der Waals surface area contributed by atoms with E-state index in [1.165, 1.54) is 0 Å². The molecule has 28 heavy (non-hydrogen) atoms. The van der Waals surface area contributed by atoms with Crippen LogP contribution >= 0.6 is 34.8 Å². The summed E-state index contributed by atoms with van der Waals surface area (Å²) < 4.78 is 0. The lowest BCUT2D eigenvalue weighted by atomic mass is 9.95. The van der Waals surface area contributed by atoms with Crippen molar-refractivity contribution >= 4 is 46.5 Å². The summed E-state index contributed by atoms with van der Waals surface area (Å²) >= 11 is 18.8. The second-order valence-electron chi connectivity index (χ2n) is 6.79. The molecule has 0 amide bonds. The maximum Gasteiger partial charge on any atom is 0.0920 e. The largest absolute Gasteiger partial charge is 0.387 e. The van der Waals surface area contributed by atoms with E-state index in [9.17, 15) is 5.11 Å². The first-order valence-electron chi connectivity index (χ1n) is 8.92. The van der Waals surface area contributed by atoms with Crippen LogP contribution in [-0.4, -0.2) is 18.7 Å². The fraction of sp³-hybridized carbons (Fsp3) is 0.130. The fourth-order valence-electron chi connectivity index (χ4n) is 3.69. The molecule has 0 aliphatic heterocycles. The second-order valence-corrected chi connectivity index (χ2v) is 8.10. The first kappa shape index (κ1) is 19.5. The van der Waals surface area contributed by atoms with E-state index in [1.54, 1.807) is 0 Å². The van der Waals surface area contributed by atoms with Crippen LogP contribution in [0, 0.1) is 0 Å². The van der Waals surface area contributed by atoms with Gasteiger partial charge in [-0.25, -0.2) is 0 Å². The molecule has 0 bridgehead atoms. The molecule has 0 fully saturated rings. The molecule has 1 aliphatic rings. The molecule has 3 aromatic rings. The number of aliphatic hydroxyl groups excluding tert-OH is 1. The predicted molar refractivity (Wildman–Crippen MR) is 119 cm³/mol. The van der Waals surface area contributed by atoms with Gasteiger partial charge in [0, 0.05) is 21.6 Å². The molecule has 5 heteroatoms. The molecule has 3 aromatic carbocycles. The fourth-order valence-corrected chi connectivity index (χ4v) is 4.22. The van der Waals surface area contributed by atoms with Crippen molar-refractivity contribution in [3.63, 3.8) is 0 Å². The Bertz CT molecular complexity index is 1070. The van der Waals surface area contributed by atoms with Gasteiger partial charge in [0.25, 0.3) is 0 Å². The number of fused-ring (bicyclic) bond motifs is 3. The SMILES string of the molecule is CNCC(O)c1cc(Cl)cc2c1-c1ccc(Cl)cc1C2=Cc1ccc(Cl)cc1. The van der Waals surface area contributed by atoms with Gasteiger partial charge in [-0.05, 0) is 88.5 Å². The lowest BCUT2D eigenvalue weighted by Crippen LogP contribution is -2.17. The van der Waals surface area contributed by atoms with Crippen molar-refractivity contribution in [3.8, 4) is 11.1 Å². The van der Waals surface area contributed by atoms with E-state index in [4.69, 9.17) is 34.8 Å². The van der Waals surface area contributed by atoms with Gasteiger partial charge in [0.2, 0.25) is 0 Å². The highest BCUT2D eigenvalue weighted by Gasteiger charge is 2.29. The van der Waals surface area contributed by atoms with Crippen molar-refractivity contribution in [1.29, 1.82) is 0 Å². The molecule has 1 unspecified atom stereocenters. The summed E-state index contributed by atoms with van der Waals surface area (Å²) in [5.74, 6) is 0. The molecule has 0 radical (unpaired) electrons. The quantitative estimate of drug-likeness (QED) is 0.389. The average Bonchev–Trinajstić information content (AvgIpc) is 2.96. The molecule has 2 nitrogen and oxygen atoms in total. The Morgan fingerprint density at radius 1 is 0.857 bits per heavy atom. The Balaban J connectivity index is 1.98. The minimum Gasteiger partial charge on any atom is -0.387 e. The number of benzene rings is 3. The monoisotopic (exact) mass is 429 g/mol.